The minimum absolute atomic E-state index is 0.608. The van der Waals surface area contributed by atoms with Crippen LogP contribution in [0.4, 0.5) is 5.69 Å². The number of nitrogens with two attached hydrogens (primary N) is 1. The van der Waals surface area contributed by atoms with E-state index in [1.807, 2.05) is 42.5 Å². The highest BCUT2D eigenvalue weighted by molar-refractivity contribution is 5.88. The maximum absolute atomic E-state index is 6.40. The van der Waals surface area contributed by atoms with E-state index in [0.29, 0.717) is 17.2 Å². The molecule has 2 N–H and O–H groups in total. The van der Waals surface area contributed by atoms with Gasteiger partial charge in [-0.1, -0.05) is 66.7 Å². The first kappa shape index (κ1) is 17.6. The van der Waals surface area contributed by atoms with Crippen LogP contribution < -0.4 is 15.2 Å². The minimum Gasteiger partial charge on any atom is -0.497 e. The number of hydrogen-bond donors (Lipinski definition) is 1. The number of allylic oxidation sites excluding steroid dienone is 1. The van der Waals surface area contributed by atoms with Crippen molar-refractivity contribution < 1.29 is 9.47 Å². The summed E-state index contributed by atoms with van der Waals surface area (Å²) < 4.78 is 10.9. The first-order valence-electron chi connectivity index (χ1n) is 8.54. The van der Waals surface area contributed by atoms with Crippen molar-refractivity contribution in [2.75, 3.05) is 20.0 Å². The fourth-order valence-corrected chi connectivity index (χ4v) is 2.95. The van der Waals surface area contributed by atoms with E-state index in [0.717, 1.165) is 23.1 Å². The molecule has 0 radical (unpaired) electrons. The standard InChI is InChI=1S/C23H23NO2/c1-25-19-15-21(23(24)22(16-19)26-2)20(18-11-7-4-8-12-18)14-13-17-9-5-3-6-10-17/h3-12,14-16H,13,24H2,1-2H3/b20-14+. The monoisotopic (exact) mass is 345 g/mol. The van der Waals surface area contributed by atoms with Gasteiger partial charge in [-0.25, -0.2) is 0 Å². The molecular formula is C23H23NO2. The van der Waals surface area contributed by atoms with Crippen LogP contribution in [0.2, 0.25) is 0 Å². The van der Waals surface area contributed by atoms with Gasteiger partial charge in [-0.2, -0.15) is 0 Å². The summed E-state index contributed by atoms with van der Waals surface area (Å²) in [5.74, 6) is 1.33. The van der Waals surface area contributed by atoms with Crippen LogP contribution in [-0.2, 0) is 6.42 Å². The molecule has 132 valence electrons. The first-order chi connectivity index (χ1) is 12.7. The molecule has 3 rings (SSSR count). The van der Waals surface area contributed by atoms with Crippen molar-refractivity contribution in [2.45, 2.75) is 6.42 Å². The molecule has 3 heteroatoms. The molecule has 0 heterocycles. The van der Waals surface area contributed by atoms with E-state index < -0.39 is 0 Å². The van der Waals surface area contributed by atoms with E-state index in [1.54, 1.807) is 20.3 Å². The van der Waals surface area contributed by atoms with Crippen LogP contribution in [0, 0.1) is 0 Å². The quantitative estimate of drug-likeness (QED) is 0.642. The minimum atomic E-state index is 0.608. The van der Waals surface area contributed by atoms with Crippen LogP contribution in [-0.4, -0.2) is 14.2 Å². The molecule has 3 nitrogen and oxygen atoms in total. The lowest BCUT2D eigenvalue weighted by atomic mass is 9.94. The summed E-state index contributed by atoms with van der Waals surface area (Å²) in [5, 5.41) is 0. The number of rotatable bonds is 6. The maximum atomic E-state index is 6.40. The Morgan fingerprint density at radius 3 is 2.15 bits per heavy atom. The third kappa shape index (κ3) is 3.89. The highest BCUT2D eigenvalue weighted by Gasteiger charge is 2.14. The molecule has 26 heavy (non-hydrogen) atoms. The Kier molecular flexibility index (Phi) is 5.59. The lowest BCUT2D eigenvalue weighted by Gasteiger charge is -2.16. The highest BCUT2D eigenvalue weighted by Crippen LogP contribution is 2.37. The van der Waals surface area contributed by atoms with Gasteiger partial charge in [0.25, 0.3) is 0 Å². The van der Waals surface area contributed by atoms with Gasteiger partial charge in [0.05, 0.1) is 19.9 Å². The third-order valence-electron chi connectivity index (χ3n) is 4.33. The number of nitrogen functional groups attached to an aromatic ring is 1. The van der Waals surface area contributed by atoms with Gasteiger partial charge in [-0.15, -0.1) is 0 Å². The number of methoxy groups -OCH3 is 2. The van der Waals surface area contributed by atoms with Crippen LogP contribution in [0.5, 0.6) is 11.5 Å². The van der Waals surface area contributed by atoms with Crippen molar-refractivity contribution >= 4 is 11.3 Å². The normalized spacial score (nSPS) is 11.2. The summed E-state index contributed by atoms with van der Waals surface area (Å²) in [6, 6.07) is 24.4. The first-order valence-corrected chi connectivity index (χ1v) is 8.54. The summed E-state index contributed by atoms with van der Waals surface area (Å²) in [7, 11) is 3.26. The second-order valence-electron chi connectivity index (χ2n) is 5.96. The molecule has 3 aromatic carbocycles. The van der Waals surface area contributed by atoms with Crippen LogP contribution in [0.1, 0.15) is 16.7 Å². The van der Waals surface area contributed by atoms with Crippen molar-refractivity contribution in [1.29, 1.82) is 0 Å². The summed E-state index contributed by atoms with van der Waals surface area (Å²) >= 11 is 0. The molecule has 0 aliphatic heterocycles. The Morgan fingerprint density at radius 2 is 1.54 bits per heavy atom. The molecule has 0 amide bonds. The Morgan fingerprint density at radius 1 is 0.885 bits per heavy atom. The SMILES string of the molecule is COc1cc(OC)c(N)c(/C(=C/Cc2ccccc2)c2ccccc2)c1. The lowest BCUT2D eigenvalue weighted by Crippen LogP contribution is -2.01. The van der Waals surface area contributed by atoms with E-state index >= 15 is 0 Å². The molecule has 0 aliphatic carbocycles. The van der Waals surface area contributed by atoms with Crippen molar-refractivity contribution in [3.63, 3.8) is 0 Å². The number of ether oxygens (including phenoxy) is 2. The van der Waals surface area contributed by atoms with Crippen LogP contribution >= 0.6 is 0 Å². The number of benzene rings is 3. The van der Waals surface area contributed by atoms with Crippen molar-refractivity contribution in [1.82, 2.24) is 0 Å². The van der Waals surface area contributed by atoms with Crippen LogP contribution in [0.15, 0.2) is 78.9 Å². The van der Waals surface area contributed by atoms with Gasteiger partial charge >= 0.3 is 0 Å². The molecule has 0 aromatic heterocycles. The average molecular weight is 345 g/mol. The molecule has 0 saturated heterocycles. The average Bonchev–Trinajstić information content (AvgIpc) is 2.71. The van der Waals surface area contributed by atoms with Gasteiger partial charge in [0.1, 0.15) is 11.5 Å². The van der Waals surface area contributed by atoms with Gasteiger partial charge in [0, 0.05) is 11.6 Å². The highest BCUT2D eigenvalue weighted by atomic mass is 16.5. The zero-order chi connectivity index (χ0) is 18.4. The second kappa shape index (κ2) is 8.26. The fourth-order valence-electron chi connectivity index (χ4n) is 2.95. The molecule has 0 atom stereocenters. The molecule has 0 unspecified atom stereocenters. The van der Waals surface area contributed by atoms with Gasteiger partial charge in [-0.05, 0) is 29.2 Å². The summed E-state index contributed by atoms with van der Waals surface area (Å²) in [6.07, 6.45) is 3.01. The largest absolute Gasteiger partial charge is 0.497 e. The summed E-state index contributed by atoms with van der Waals surface area (Å²) in [5.41, 5.74) is 11.3. The van der Waals surface area contributed by atoms with Crippen molar-refractivity contribution in [2.24, 2.45) is 0 Å². The smallest absolute Gasteiger partial charge is 0.146 e. The Balaban J connectivity index is 2.12. The van der Waals surface area contributed by atoms with Crippen molar-refractivity contribution in [3.8, 4) is 11.5 Å². The molecule has 0 bridgehead atoms. The Bertz CT molecular complexity index is 887. The Labute approximate surface area is 154 Å². The van der Waals surface area contributed by atoms with Gasteiger partial charge in [0.2, 0.25) is 0 Å². The van der Waals surface area contributed by atoms with Crippen LogP contribution in [0.25, 0.3) is 5.57 Å². The molecule has 0 saturated carbocycles. The van der Waals surface area contributed by atoms with E-state index in [-0.39, 0.29) is 0 Å². The van der Waals surface area contributed by atoms with E-state index in [2.05, 4.69) is 30.3 Å². The molecular weight excluding hydrogens is 322 g/mol. The van der Waals surface area contributed by atoms with Gasteiger partial charge in [0.15, 0.2) is 0 Å². The van der Waals surface area contributed by atoms with E-state index in [4.69, 9.17) is 15.2 Å². The molecule has 3 aromatic rings. The summed E-state index contributed by atoms with van der Waals surface area (Å²) in [6.45, 7) is 0. The zero-order valence-corrected chi connectivity index (χ0v) is 15.1. The predicted molar refractivity (Wildman–Crippen MR) is 108 cm³/mol. The number of anilines is 1. The summed E-state index contributed by atoms with van der Waals surface area (Å²) in [4.78, 5) is 0. The molecule has 0 spiro atoms. The topological polar surface area (TPSA) is 44.5 Å². The van der Waals surface area contributed by atoms with Crippen LogP contribution in [0.3, 0.4) is 0 Å². The molecule has 0 fully saturated rings. The van der Waals surface area contributed by atoms with Gasteiger partial charge in [-0.3, -0.25) is 0 Å². The second-order valence-corrected chi connectivity index (χ2v) is 5.96. The number of hydrogen-bond acceptors (Lipinski definition) is 3. The predicted octanol–water partition coefficient (Wildman–Crippen LogP) is 4.96. The maximum Gasteiger partial charge on any atom is 0.146 e. The third-order valence-corrected chi connectivity index (χ3v) is 4.33. The molecule has 0 aliphatic rings. The Hall–Kier alpha value is -3.20. The van der Waals surface area contributed by atoms with E-state index in [9.17, 15) is 0 Å². The van der Waals surface area contributed by atoms with Crippen molar-refractivity contribution in [3.05, 3.63) is 95.6 Å². The lowest BCUT2D eigenvalue weighted by molar-refractivity contribution is 0.395. The van der Waals surface area contributed by atoms with Gasteiger partial charge < -0.3 is 15.2 Å². The zero-order valence-electron chi connectivity index (χ0n) is 15.1. The van der Waals surface area contributed by atoms with E-state index in [1.165, 1.54) is 5.56 Å². The fraction of sp³-hybridized carbons (Fsp3) is 0.130.